The minimum atomic E-state index is -4.72. The summed E-state index contributed by atoms with van der Waals surface area (Å²) < 4.78 is 82.6. The molecule has 0 aromatic carbocycles. The van der Waals surface area contributed by atoms with Gasteiger partial charge in [-0.1, -0.05) is 0 Å². The Hall–Kier alpha value is -0.270. The van der Waals surface area contributed by atoms with E-state index in [1.165, 1.54) is 0 Å². The van der Waals surface area contributed by atoms with Crippen molar-refractivity contribution >= 4 is 7.60 Å². The van der Waals surface area contributed by atoms with Gasteiger partial charge in [0.25, 0.3) is 0 Å². The molecule has 2 N–H and O–H groups in total. The van der Waals surface area contributed by atoms with Crippen LogP contribution in [-0.4, -0.2) is 28.3 Å². The van der Waals surface area contributed by atoms with E-state index in [0.29, 0.717) is 0 Å². The van der Waals surface area contributed by atoms with Crippen molar-refractivity contribution in [3.8, 4) is 0 Å². The summed E-state index contributed by atoms with van der Waals surface area (Å²) in [5, 5.41) is 0. The van der Waals surface area contributed by atoms with Crippen molar-refractivity contribution in [2.75, 3.05) is 6.16 Å². The van der Waals surface area contributed by atoms with Crippen LogP contribution < -0.4 is 0 Å². The summed E-state index contributed by atoms with van der Waals surface area (Å²) in [6.45, 7) is 0. The predicted octanol–water partition coefficient (Wildman–Crippen LogP) is 3.47. The van der Waals surface area contributed by atoms with Gasteiger partial charge in [0.15, 0.2) is 0 Å². The molecule has 3 nitrogen and oxygen atoms in total. The first-order valence-electron chi connectivity index (χ1n) is 4.96. The molecule has 0 aromatic rings. The zero-order valence-electron chi connectivity index (χ0n) is 9.13. The Morgan fingerprint density at radius 2 is 1.33 bits per heavy atom. The van der Waals surface area contributed by atoms with Crippen molar-refractivity contribution in [2.45, 2.75) is 38.0 Å². The van der Waals surface area contributed by atoms with E-state index in [1.807, 2.05) is 0 Å². The van der Waals surface area contributed by atoms with Crippen LogP contribution in [0, 0.1) is 5.92 Å². The molecule has 18 heavy (non-hydrogen) atoms. The second-order valence-corrected chi connectivity index (χ2v) is 5.81. The second kappa shape index (κ2) is 6.25. The largest absolute Gasteiger partial charge is 0.389 e. The maximum absolute atomic E-state index is 12.0. The van der Waals surface area contributed by atoms with E-state index in [9.17, 15) is 30.9 Å². The molecule has 0 unspecified atom stereocenters. The Labute approximate surface area is 99.3 Å². The average molecular weight is 302 g/mol. The topological polar surface area (TPSA) is 57.5 Å². The lowest BCUT2D eigenvalue weighted by Gasteiger charge is -2.20. The van der Waals surface area contributed by atoms with Gasteiger partial charge in [0.05, 0.1) is 0 Å². The molecule has 0 aliphatic heterocycles. The number of halogens is 6. The molecule has 0 aliphatic rings. The predicted molar refractivity (Wildman–Crippen MR) is 51.0 cm³/mol. The number of alkyl halides is 6. The molecule has 0 bridgehead atoms. The van der Waals surface area contributed by atoms with Gasteiger partial charge in [0.2, 0.25) is 0 Å². The zero-order chi connectivity index (χ0) is 14.6. The van der Waals surface area contributed by atoms with Crippen LogP contribution in [0.1, 0.15) is 25.7 Å². The molecule has 110 valence electrons. The van der Waals surface area contributed by atoms with Crippen molar-refractivity contribution in [3.05, 3.63) is 0 Å². The molecule has 0 amide bonds. The van der Waals surface area contributed by atoms with Crippen LogP contribution in [0.25, 0.3) is 0 Å². The van der Waals surface area contributed by atoms with E-state index in [0.717, 1.165) is 0 Å². The Morgan fingerprint density at radius 1 is 0.944 bits per heavy atom. The fraction of sp³-hybridized carbons (Fsp3) is 1.00. The van der Waals surface area contributed by atoms with Crippen molar-refractivity contribution in [2.24, 2.45) is 5.92 Å². The van der Waals surface area contributed by atoms with Crippen LogP contribution in [0.15, 0.2) is 0 Å². The van der Waals surface area contributed by atoms with Crippen molar-refractivity contribution in [1.29, 1.82) is 0 Å². The lowest BCUT2D eigenvalue weighted by atomic mass is 9.95. The number of rotatable bonds is 6. The summed E-state index contributed by atoms with van der Waals surface area (Å²) in [6, 6.07) is 0. The van der Waals surface area contributed by atoms with Gasteiger partial charge in [-0.2, -0.15) is 26.3 Å². The Kier molecular flexibility index (Phi) is 6.16. The molecule has 0 radical (unpaired) electrons. The lowest BCUT2D eigenvalue weighted by molar-refractivity contribution is -0.173. The van der Waals surface area contributed by atoms with Gasteiger partial charge >= 0.3 is 19.9 Å². The molecule has 0 saturated heterocycles. The first-order chi connectivity index (χ1) is 7.79. The summed E-state index contributed by atoms with van der Waals surface area (Å²) >= 11 is 0. The van der Waals surface area contributed by atoms with Gasteiger partial charge in [0.1, 0.15) is 0 Å². The summed E-state index contributed by atoms with van der Waals surface area (Å²) in [6.07, 6.45) is -14.3. The van der Waals surface area contributed by atoms with Crippen LogP contribution in [-0.2, 0) is 4.57 Å². The molecular formula is C8H13F6O3P. The SMILES string of the molecule is O=P(O)(O)CCCC(CC(F)(F)F)CC(F)(F)F. The quantitative estimate of drug-likeness (QED) is 0.583. The van der Waals surface area contributed by atoms with Crippen molar-refractivity contribution in [1.82, 2.24) is 0 Å². The van der Waals surface area contributed by atoms with Crippen LogP contribution in [0.3, 0.4) is 0 Å². The van der Waals surface area contributed by atoms with Crippen LogP contribution in [0.2, 0.25) is 0 Å². The van der Waals surface area contributed by atoms with Gasteiger partial charge in [-0.3, -0.25) is 4.57 Å². The average Bonchev–Trinajstić information content (AvgIpc) is 1.93. The monoisotopic (exact) mass is 302 g/mol. The zero-order valence-corrected chi connectivity index (χ0v) is 10.0. The summed E-state index contributed by atoms with van der Waals surface area (Å²) in [5.74, 6) is -1.70. The first kappa shape index (κ1) is 17.7. The highest BCUT2D eigenvalue weighted by Gasteiger charge is 2.38. The van der Waals surface area contributed by atoms with Gasteiger partial charge in [0, 0.05) is 19.0 Å². The summed E-state index contributed by atoms with van der Waals surface area (Å²) in [4.78, 5) is 16.9. The normalized spacial score (nSPS) is 14.3. The Morgan fingerprint density at radius 3 is 1.61 bits per heavy atom. The highest BCUT2D eigenvalue weighted by molar-refractivity contribution is 7.51. The van der Waals surface area contributed by atoms with E-state index in [1.54, 1.807) is 0 Å². The fourth-order valence-corrected chi connectivity index (χ4v) is 2.11. The van der Waals surface area contributed by atoms with Gasteiger partial charge in [-0.05, 0) is 18.8 Å². The fourth-order valence-electron chi connectivity index (χ4n) is 1.52. The highest BCUT2D eigenvalue weighted by Crippen LogP contribution is 2.39. The number of hydrogen-bond acceptors (Lipinski definition) is 1. The minimum absolute atomic E-state index is 0.374. The molecule has 10 heteroatoms. The van der Waals surface area contributed by atoms with Gasteiger partial charge in [-0.25, -0.2) is 0 Å². The molecule has 0 fully saturated rings. The third kappa shape index (κ3) is 12.2. The molecular weight excluding hydrogens is 289 g/mol. The smallest absolute Gasteiger partial charge is 0.324 e. The molecule has 0 saturated carbocycles. The van der Waals surface area contributed by atoms with E-state index >= 15 is 0 Å². The molecule has 0 heterocycles. The van der Waals surface area contributed by atoms with E-state index in [2.05, 4.69) is 0 Å². The van der Waals surface area contributed by atoms with E-state index in [-0.39, 0.29) is 6.42 Å². The van der Waals surface area contributed by atoms with E-state index < -0.39 is 51.3 Å². The van der Waals surface area contributed by atoms with Crippen molar-refractivity contribution in [3.63, 3.8) is 0 Å². The molecule has 0 aromatic heterocycles. The lowest BCUT2D eigenvalue weighted by Crippen LogP contribution is -2.21. The molecule has 0 rings (SSSR count). The first-order valence-corrected chi connectivity index (χ1v) is 6.76. The maximum Gasteiger partial charge on any atom is 0.389 e. The molecule has 0 atom stereocenters. The van der Waals surface area contributed by atoms with E-state index in [4.69, 9.17) is 9.79 Å². The van der Waals surface area contributed by atoms with Crippen molar-refractivity contribution < 1.29 is 40.7 Å². The molecule has 0 aliphatic carbocycles. The Balaban J connectivity index is 4.35. The Bertz CT molecular complexity index is 278. The second-order valence-electron chi connectivity index (χ2n) is 4.04. The standard InChI is InChI=1S/C8H13F6O3P/c9-7(10,11)4-6(5-8(12,13)14)2-1-3-18(15,16)17/h6H,1-5H2,(H2,15,16,17). The highest BCUT2D eigenvalue weighted by atomic mass is 31.2. The van der Waals surface area contributed by atoms with Gasteiger partial charge < -0.3 is 9.79 Å². The maximum atomic E-state index is 12.0. The van der Waals surface area contributed by atoms with Gasteiger partial charge in [-0.15, -0.1) is 0 Å². The van der Waals surface area contributed by atoms with Crippen LogP contribution >= 0.6 is 7.60 Å². The van der Waals surface area contributed by atoms with Crippen LogP contribution in [0.4, 0.5) is 26.3 Å². The summed E-state index contributed by atoms with van der Waals surface area (Å²) in [5.41, 5.74) is 0. The third-order valence-corrected chi connectivity index (χ3v) is 3.00. The number of hydrogen-bond donors (Lipinski definition) is 2. The minimum Gasteiger partial charge on any atom is -0.324 e. The molecule has 0 spiro atoms. The summed E-state index contributed by atoms with van der Waals surface area (Å²) in [7, 11) is -4.39. The van der Waals surface area contributed by atoms with Crippen LogP contribution in [0.5, 0.6) is 0 Å². The third-order valence-electron chi connectivity index (χ3n) is 2.10.